The molecule has 1 heterocycles. The maximum Gasteiger partial charge on any atom is 0.0690 e. The van der Waals surface area contributed by atoms with Crippen molar-refractivity contribution in [3.05, 3.63) is 26.8 Å². The Kier molecular flexibility index (Phi) is 2.30. The van der Waals surface area contributed by atoms with Crippen LogP contribution in [0, 0.1) is 0 Å². The van der Waals surface area contributed by atoms with Gasteiger partial charge >= 0.3 is 0 Å². The number of halogens is 1. The number of aromatic nitrogens is 2. The van der Waals surface area contributed by atoms with E-state index < -0.39 is 0 Å². The second-order valence-corrected chi connectivity index (χ2v) is 2.44. The van der Waals surface area contributed by atoms with E-state index in [1.54, 1.807) is 6.20 Å². The summed E-state index contributed by atoms with van der Waals surface area (Å²) >= 11 is 3.22. The van der Waals surface area contributed by atoms with E-state index in [1.807, 2.05) is 0 Å². The molecule has 5 nitrogen and oxygen atoms in total. The average Bonchev–Trinajstić information content (AvgIpc) is 2.31. The zero-order valence-corrected chi connectivity index (χ0v) is 6.54. The van der Waals surface area contributed by atoms with Crippen molar-refractivity contribution < 1.29 is 0 Å². The topological polar surface area (TPSA) is 77.4 Å². The van der Waals surface area contributed by atoms with Crippen LogP contribution in [0.1, 0.15) is 5.69 Å². The summed E-state index contributed by atoms with van der Waals surface area (Å²) in [6.07, 6.45) is 1.61. The summed E-state index contributed by atoms with van der Waals surface area (Å²) < 4.78 is 0.833. The van der Waals surface area contributed by atoms with Crippen molar-refractivity contribution in [3.63, 3.8) is 0 Å². The van der Waals surface area contributed by atoms with Gasteiger partial charge in [0, 0.05) is 4.91 Å². The van der Waals surface area contributed by atoms with E-state index in [1.165, 1.54) is 0 Å². The molecule has 0 saturated carbocycles. The maximum atomic E-state index is 7.96. The molecule has 0 amide bonds. The Balaban J connectivity index is 2.74. The van der Waals surface area contributed by atoms with Gasteiger partial charge in [0.05, 0.1) is 22.9 Å². The molecule has 0 aromatic carbocycles. The first-order valence-corrected chi connectivity index (χ1v) is 3.32. The third-order valence-corrected chi connectivity index (χ3v) is 1.64. The highest BCUT2D eigenvalue weighted by Crippen LogP contribution is 2.12. The zero-order chi connectivity index (χ0) is 7.40. The van der Waals surface area contributed by atoms with E-state index in [-0.39, 0.29) is 0 Å². The molecular weight excluding hydrogens is 198 g/mol. The first kappa shape index (κ1) is 7.11. The lowest BCUT2D eigenvalue weighted by molar-refractivity contribution is 0.935. The van der Waals surface area contributed by atoms with Crippen molar-refractivity contribution in [2.75, 3.05) is 0 Å². The van der Waals surface area contributed by atoms with Gasteiger partial charge in [-0.25, -0.2) is 0 Å². The summed E-state index contributed by atoms with van der Waals surface area (Å²) in [7, 11) is 0. The fourth-order valence-electron chi connectivity index (χ4n) is 0.511. The number of hydrogen-bond donors (Lipinski definition) is 1. The van der Waals surface area contributed by atoms with E-state index in [4.69, 9.17) is 5.53 Å². The minimum absolute atomic E-state index is 0.303. The molecule has 1 rings (SSSR count). The third-order valence-electron chi connectivity index (χ3n) is 0.958. The van der Waals surface area contributed by atoms with Crippen LogP contribution in [0.2, 0.25) is 0 Å². The average molecular weight is 202 g/mol. The summed E-state index contributed by atoms with van der Waals surface area (Å²) in [5, 5.41) is 9.75. The fraction of sp³-hybridized carbons (Fsp3) is 0.250. The number of azide groups is 1. The lowest BCUT2D eigenvalue weighted by Crippen LogP contribution is -1.80. The van der Waals surface area contributed by atoms with Gasteiger partial charge in [0.25, 0.3) is 0 Å². The fourth-order valence-corrected chi connectivity index (χ4v) is 0.828. The van der Waals surface area contributed by atoms with E-state index in [2.05, 4.69) is 36.2 Å². The highest BCUT2D eigenvalue weighted by Gasteiger charge is 1.97. The van der Waals surface area contributed by atoms with Crippen LogP contribution in [0.5, 0.6) is 0 Å². The minimum atomic E-state index is 0.303. The van der Waals surface area contributed by atoms with Gasteiger partial charge in [-0.2, -0.15) is 5.10 Å². The Labute approximate surface area is 65.2 Å². The SMILES string of the molecule is [N-]=[N+]=NCc1[nH]ncc1Br. The molecule has 0 aliphatic heterocycles. The Morgan fingerprint density at radius 1 is 1.90 bits per heavy atom. The maximum absolute atomic E-state index is 7.96. The van der Waals surface area contributed by atoms with Crippen molar-refractivity contribution >= 4 is 15.9 Å². The van der Waals surface area contributed by atoms with Crippen LogP contribution in [-0.2, 0) is 6.54 Å². The van der Waals surface area contributed by atoms with E-state index >= 15 is 0 Å². The van der Waals surface area contributed by atoms with Gasteiger partial charge in [-0.1, -0.05) is 5.11 Å². The predicted octanol–water partition coefficient (Wildman–Crippen LogP) is 1.98. The second kappa shape index (κ2) is 3.24. The quantitative estimate of drug-likeness (QED) is 0.444. The lowest BCUT2D eigenvalue weighted by atomic mass is 10.4. The second-order valence-electron chi connectivity index (χ2n) is 1.59. The van der Waals surface area contributed by atoms with Gasteiger partial charge in [-0.15, -0.1) is 0 Å². The van der Waals surface area contributed by atoms with E-state index in [0.29, 0.717) is 6.54 Å². The van der Waals surface area contributed by atoms with E-state index in [0.717, 1.165) is 10.2 Å². The highest BCUT2D eigenvalue weighted by atomic mass is 79.9. The Hall–Kier alpha value is -1.00. The van der Waals surface area contributed by atoms with Crippen LogP contribution in [-0.4, -0.2) is 10.2 Å². The van der Waals surface area contributed by atoms with Gasteiger partial charge in [-0.3, -0.25) is 5.10 Å². The number of H-pyrrole nitrogens is 1. The molecule has 0 unspecified atom stereocenters. The molecule has 0 bridgehead atoms. The van der Waals surface area contributed by atoms with Crippen molar-refractivity contribution in [1.29, 1.82) is 0 Å². The summed E-state index contributed by atoms with van der Waals surface area (Å²) in [6, 6.07) is 0. The summed E-state index contributed by atoms with van der Waals surface area (Å²) in [5.74, 6) is 0. The highest BCUT2D eigenvalue weighted by molar-refractivity contribution is 9.10. The van der Waals surface area contributed by atoms with Gasteiger partial charge in [0.15, 0.2) is 0 Å². The van der Waals surface area contributed by atoms with E-state index in [9.17, 15) is 0 Å². The van der Waals surface area contributed by atoms with Crippen LogP contribution in [0.3, 0.4) is 0 Å². The first-order chi connectivity index (χ1) is 4.84. The molecule has 1 aromatic heterocycles. The van der Waals surface area contributed by atoms with Crippen LogP contribution < -0.4 is 0 Å². The Morgan fingerprint density at radius 3 is 3.20 bits per heavy atom. The third kappa shape index (κ3) is 1.49. The molecule has 0 fully saturated rings. The number of nitrogens with zero attached hydrogens (tertiary/aromatic N) is 4. The summed E-state index contributed by atoms with van der Waals surface area (Å²) in [4.78, 5) is 2.61. The van der Waals surface area contributed by atoms with Crippen LogP contribution >= 0.6 is 15.9 Å². The Morgan fingerprint density at radius 2 is 2.70 bits per heavy atom. The van der Waals surface area contributed by atoms with Crippen LogP contribution in [0.15, 0.2) is 15.8 Å². The predicted molar refractivity (Wildman–Crippen MR) is 39.1 cm³/mol. The van der Waals surface area contributed by atoms with Crippen molar-refractivity contribution in [2.24, 2.45) is 5.11 Å². The van der Waals surface area contributed by atoms with Crippen molar-refractivity contribution in [3.8, 4) is 0 Å². The number of rotatable bonds is 2. The molecule has 6 heteroatoms. The lowest BCUT2D eigenvalue weighted by Gasteiger charge is -1.86. The van der Waals surface area contributed by atoms with Gasteiger partial charge in [0.2, 0.25) is 0 Å². The Bertz CT molecular complexity index is 260. The monoisotopic (exact) mass is 201 g/mol. The van der Waals surface area contributed by atoms with Gasteiger partial charge in [0.1, 0.15) is 0 Å². The molecule has 0 atom stereocenters. The number of hydrogen-bond acceptors (Lipinski definition) is 2. The summed E-state index contributed by atoms with van der Waals surface area (Å²) in [5.41, 5.74) is 8.75. The standard InChI is InChI=1S/C4H4BrN5/c5-3-1-7-9-4(3)2-8-10-6/h1H,2H2,(H,7,9). The molecule has 0 spiro atoms. The molecule has 0 aliphatic rings. The molecule has 0 radical (unpaired) electrons. The number of aromatic amines is 1. The molecule has 0 saturated heterocycles. The van der Waals surface area contributed by atoms with Crippen LogP contribution in [0.25, 0.3) is 10.4 Å². The van der Waals surface area contributed by atoms with Gasteiger partial charge < -0.3 is 0 Å². The smallest absolute Gasteiger partial charge is 0.0690 e. The minimum Gasteiger partial charge on any atom is -0.281 e. The zero-order valence-electron chi connectivity index (χ0n) is 4.95. The van der Waals surface area contributed by atoms with Crippen molar-refractivity contribution in [2.45, 2.75) is 6.54 Å². The molecule has 1 aromatic rings. The molecule has 52 valence electrons. The van der Waals surface area contributed by atoms with Crippen LogP contribution in [0.4, 0.5) is 0 Å². The molecule has 1 N–H and O–H groups in total. The molecular formula is C4H4BrN5. The normalized spacial score (nSPS) is 8.90. The first-order valence-electron chi connectivity index (χ1n) is 2.53. The molecule has 0 aliphatic carbocycles. The largest absolute Gasteiger partial charge is 0.281 e. The van der Waals surface area contributed by atoms with Gasteiger partial charge in [-0.05, 0) is 21.5 Å². The molecule has 10 heavy (non-hydrogen) atoms. The van der Waals surface area contributed by atoms with Crippen molar-refractivity contribution in [1.82, 2.24) is 10.2 Å². The number of nitrogens with one attached hydrogen (secondary N) is 1. The summed E-state index contributed by atoms with van der Waals surface area (Å²) in [6.45, 7) is 0.303.